The maximum Gasteiger partial charge on any atom is 0.299 e. The topological polar surface area (TPSA) is 85.8 Å². The summed E-state index contributed by atoms with van der Waals surface area (Å²) in [5.41, 5.74) is 8.79. The fourth-order valence-electron chi connectivity index (χ4n) is 5.83. The summed E-state index contributed by atoms with van der Waals surface area (Å²) in [5.74, 6) is 8.96. The van der Waals surface area contributed by atoms with Crippen LogP contribution in [0.25, 0.3) is 16.8 Å². The van der Waals surface area contributed by atoms with Crippen LogP contribution in [0.1, 0.15) is 38.1 Å². The molecule has 2 aliphatic rings. The molecule has 2 N–H and O–H groups in total. The van der Waals surface area contributed by atoms with Crippen molar-refractivity contribution in [3.8, 4) is 34.6 Å². The molecule has 0 bridgehead atoms. The number of likely N-dealkylation sites (tertiary alicyclic amines) is 1. The summed E-state index contributed by atoms with van der Waals surface area (Å²) >= 11 is 0. The van der Waals surface area contributed by atoms with Gasteiger partial charge in [0.2, 0.25) is 0 Å². The van der Waals surface area contributed by atoms with Crippen molar-refractivity contribution in [1.29, 1.82) is 0 Å². The second-order valence-electron chi connectivity index (χ2n) is 9.42. The molecule has 6 rings (SSSR count). The minimum Gasteiger partial charge on any atom is -0.457 e. The van der Waals surface area contributed by atoms with Crippen LogP contribution in [-0.2, 0) is 4.79 Å². The SMILES string of the molecule is CC#CC(=O)N1CC2CCCC2[C@H]1c1nc(-c2ccc(Oc3ccccc3)cc2)c2c(N)nccn12. The smallest absolute Gasteiger partial charge is 0.299 e. The van der Waals surface area contributed by atoms with E-state index in [1.165, 1.54) is 6.42 Å². The Labute approximate surface area is 209 Å². The fourth-order valence-corrected chi connectivity index (χ4v) is 5.83. The molecule has 1 amide bonds. The number of carbonyl (C=O) groups excluding carboxylic acids is 1. The van der Waals surface area contributed by atoms with E-state index in [4.69, 9.17) is 15.5 Å². The highest BCUT2D eigenvalue weighted by Gasteiger charge is 2.48. The molecule has 1 aliphatic heterocycles. The number of imidazole rings is 1. The molecule has 0 spiro atoms. The lowest BCUT2D eigenvalue weighted by molar-refractivity contribution is -0.126. The van der Waals surface area contributed by atoms with Gasteiger partial charge < -0.3 is 15.4 Å². The van der Waals surface area contributed by atoms with Crippen molar-refractivity contribution in [2.45, 2.75) is 32.2 Å². The number of nitrogens with zero attached hydrogens (tertiary/aromatic N) is 4. The fraction of sp³-hybridized carbons (Fsp3) is 0.276. The van der Waals surface area contributed by atoms with Gasteiger partial charge in [-0.15, -0.1) is 0 Å². The van der Waals surface area contributed by atoms with E-state index in [1.54, 1.807) is 13.1 Å². The van der Waals surface area contributed by atoms with E-state index in [-0.39, 0.29) is 11.9 Å². The molecule has 7 heteroatoms. The van der Waals surface area contributed by atoms with Gasteiger partial charge in [-0.3, -0.25) is 9.20 Å². The number of anilines is 1. The third kappa shape index (κ3) is 3.75. The number of carbonyl (C=O) groups is 1. The molecule has 3 atom stereocenters. The number of nitrogen functional groups attached to an aromatic ring is 1. The maximum atomic E-state index is 13.0. The van der Waals surface area contributed by atoms with Gasteiger partial charge in [0, 0.05) is 24.5 Å². The molecule has 7 nitrogen and oxygen atoms in total. The van der Waals surface area contributed by atoms with Crippen LogP contribution in [0.3, 0.4) is 0 Å². The van der Waals surface area contributed by atoms with E-state index in [0.717, 1.165) is 53.5 Å². The van der Waals surface area contributed by atoms with E-state index in [9.17, 15) is 4.79 Å². The monoisotopic (exact) mass is 477 g/mol. The Balaban J connectivity index is 1.43. The van der Waals surface area contributed by atoms with Gasteiger partial charge in [0.1, 0.15) is 34.4 Å². The van der Waals surface area contributed by atoms with E-state index in [1.807, 2.05) is 70.1 Å². The number of amides is 1. The molecular formula is C29H27N5O2. The molecule has 2 unspecified atom stereocenters. The van der Waals surface area contributed by atoms with Crippen molar-refractivity contribution in [3.05, 3.63) is 72.8 Å². The van der Waals surface area contributed by atoms with E-state index < -0.39 is 0 Å². The Morgan fingerprint density at radius 3 is 2.64 bits per heavy atom. The number of ether oxygens (including phenoxy) is 1. The van der Waals surface area contributed by atoms with Crippen molar-refractivity contribution in [2.75, 3.05) is 12.3 Å². The molecular weight excluding hydrogens is 450 g/mol. The van der Waals surface area contributed by atoms with Gasteiger partial charge in [0.15, 0.2) is 0 Å². The van der Waals surface area contributed by atoms with Gasteiger partial charge in [0.25, 0.3) is 5.91 Å². The molecule has 1 aliphatic carbocycles. The lowest BCUT2D eigenvalue weighted by atomic mass is 9.93. The predicted octanol–water partition coefficient (Wildman–Crippen LogP) is 5.09. The van der Waals surface area contributed by atoms with Crippen molar-refractivity contribution >= 4 is 17.2 Å². The second-order valence-corrected chi connectivity index (χ2v) is 9.42. The number of aromatic nitrogens is 3. The third-order valence-corrected chi connectivity index (χ3v) is 7.36. The molecule has 4 aromatic rings. The van der Waals surface area contributed by atoms with Crippen LogP contribution < -0.4 is 10.5 Å². The molecule has 1 saturated heterocycles. The maximum absolute atomic E-state index is 13.0. The number of para-hydroxylation sites is 1. The van der Waals surface area contributed by atoms with Gasteiger partial charge in [-0.05, 0) is 73.9 Å². The van der Waals surface area contributed by atoms with Crippen LogP contribution in [0.5, 0.6) is 11.5 Å². The van der Waals surface area contributed by atoms with Crippen molar-refractivity contribution < 1.29 is 9.53 Å². The van der Waals surface area contributed by atoms with Crippen molar-refractivity contribution in [3.63, 3.8) is 0 Å². The highest BCUT2D eigenvalue weighted by Crippen LogP contribution is 2.50. The van der Waals surface area contributed by atoms with E-state index >= 15 is 0 Å². The number of benzene rings is 2. The molecule has 2 aromatic carbocycles. The van der Waals surface area contributed by atoms with Gasteiger partial charge in [0.05, 0.1) is 6.04 Å². The number of rotatable bonds is 4. The van der Waals surface area contributed by atoms with Gasteiger partial charge >= 0.3 is 0 Å². The number of fused-ring (bicyclic) bond motifs is 2. The third-order valence-electron chi connectivity index (χ3n) is 7.36. The minimum absolute atomic E-state index is 0.139. The Morgan fingerprint density at radius 2 is 1.86 bits per heavy atom. The Bertz CT molecular complexity index is 1480. The average Bonchev–Trinajstić information content (AvgIpc) is 3.59. The van der Waals surface area contributed by atoms with Gasteiger partial charge in [-0.1, -0.05) is 30.5 Å². The predicted molar refractivity (Wildman–Crippen MR) is 138 cm³/mol. The number of hydrogen-bond acceptors (Lipinski definition) is 5. The van der Waals surface area contributed by atoms with Crippen LogP contribution >= 0.6 is 0 Å². The summed E-state index contributed by atoms with van der Waals surface area (Å²) in [6.45, 7) is 2.42. The van der Waals surface area contributed by atoms with E-state index in [0.29, 0.717) is 17.7 Å². The molecule has 2 aromatic heterocycles. The van der Waals surface area contributed by atoms with Crippen molar-refractivity contribution in [1.82, 2.24) is 19.3 Å². The zero-order valence-corrected chi connectivity index (χ0v) is 20.1. The summed E-state index contributed by atoms with van der Waals surface area (Å²) in [7, 11) is 0. The highest BCUT2D eigenvalue weighted by atomic mass is 16.5. The summed E-state index contributed by atoms with van der Waals surface area (Å²) in [6.07, 6.45) is 6.96. The number of nitrogens with two attached hydrogens (primary N) is 1. The summed E-state index contributed by atoms with van der Waals surface area (Å²) in [4.78, 5) is 24.4. The lowest BCUT2D eigenvalue weighted by Gasteiger charge is -2.25. The first-order chi connectivity index (χ1) is 17.6. The highest BCUT2D eigenvalue weighted by molar-refractivity contribution is 5.94. The summed E-state index contributed by atoms with van der Waals surface area (Å²) in [6, 6.07) is 17.3. The Kier molecular flexibility index (Phi) is 5.57. The Morgan fingerprint density at radius 1 is 1.08 bits per heavy atom. The normalized spacial score (nSPS) is 20.7. The van der Waals surface area contributed by atoms with Crippen LogP contribution in [0.4, 0.5) is 5.82 Å². The average molecular weight is 478 g/mol. The standard InChI is InChI=1S/C29H27N5O2/c1-2-7-24(35)34-18-20-8-6-11-23(20)26(34)29-32-25(27-28(30)31-16-17-33(27)29)19-12-14-22(15-13-19)36-21-9-4-3-5-10-21/h3-5,9-10,12-17,20,23,26H,6,8,11,18H2,1H3,(H2,30,31)/t20?,23?,26-/m0/s1. The zero-order valence-electron chi connectivity index (χ0n) is 20.1. The van der Waals surface area contributed by atoms with Crippen LogP contribution in [-0.4, -0.2) is 31.7 Å². The lowest BCUT2D eigenvalue weighted by Crippen LogP contribution is -2.32. The van der Waals surface area contributed by atoms with E-state index in [2.05, 4.69) is 16.8 Å². The first kappa shape index (κ1) is 22.2. The molecule has 180 valence electrons. The van der Waals surface area contributed by atoms with Crippen LogP contribution in [0, 0.1) is 23.7 Å². The molecule has 1 saturated carbocycles. The van der Waals surface area contributed by atoms with Crippen LogP contribution in [0.15, 0.2) is 67.0 Å². The second kappa shape index (κ2) is 9.04. The quantitative estimate of drug-likeness (QED) is 0.414. The minimum atomic E-state index is -0.144. The largest absolute Gasteiger partial charge is 0.457 e. The van der Waals surface area contributed by atoms with Gasteiger partial charge in [-0.25, -0.2) is 9.97 Å². The van der Waals surface area contributed by atoms with Crippen LogP contribution in [0.2, 0.25) is 0 Å². The molecule has 2 fully saturated rings. The molecule has 36 heavy (non-hydrogen) atoms. The number of hydrogen-bond donors (Lipinski definition) is 1. The summed E-state index contributed by atoms with van der Waals surface area (Å²) < 4.78 is 7.97. The molecule has 3 heterocycles. The van der Waals surface area contributed by atoms with Crippen molar-refractivity contribution in [2.24, 2.45) is 11.8 Å². The summed E-state index contributed by atoms with van der Waals surface area (Å²) in [5, 5.41) is 0. The molecule has 0 radical (unpaired) electrons. The van der Waals surface area contributed by atoms with Gasteiger partial charge in [-0.2, -0.15) is 0 Å². The zero-order chi connectivity index (χ0) is 24.6. The first-order valence-electron chi connectivity index (χ1n) is 12.3. The Hall–Kier alpha value is -4.31. The first-order valence-corrected chi connectivity index (χ1v) is 12.3.